The Kier molecular flexibility index (Phi) is 4.88. The molecule has 1 fully saturated rings. The minimum Gasteiger partial charge on any atom is -0.755 e. The lowest BCUT2D eigenvalue weighted by atomic mass is 9.68. The average Bonchev–Trinajstić information content (AvgIpc) is 2.41. The first-order valence-electron chi connectivity index (χ1n) is 6.94. The molecule has 1 aliphatic carbocycles. The number of hydrogen-bond donors (Lipinski definition) is 1. The van der Waals surface area contributed by atoms with Gasteiger partial charge in [0.25, 0.3) is 0 Å². The minimum absolute atomic E-state index is 0. The van der Waals surface area contributed by atoms with Crippen molar-refractivity contribution < 1.29 is 19.0 Å². The highest BCUT2D eigenvalue weighted by Gasteiger charge is 2.44. The summed E-state index contributed by atoms with van der Waals surface area (Å²) in [5, 5.41) is 0. The smallest absolute Gasteiger partial charge is 0.248 e. The molecule has 0 bridgehead atoms. The fourth-order valence-corrected chi connectivity index (χ4v) is 3.23. The van der Waals surface area contributed by atoms with Gasteiger partial charge in [0.15, 0.2) is 0 Å². The maximum atomic E-state index is 13.4. The summed E-state index contributed by atoms with van der Waals surface area (Å²) >= 11 is -2.50. The molecular weight excluding hydrogens is 300 g/mol. The van der Waals surface area contributed by atoms with Gasteiger partial charge in [-0.05, 0) is 25.3 Å². The van der Waals surface area contributed by atoms with Gasteiger partial charge < -0.3 is 4.55 Å². The number of halogens is 2. The van der Waals surface area contributed by atoms with E-state index in [4.69, 9.17) is 0 Å². The van der Waals surface area contributed by atoms with Crippen LogP contribution in [0.15, 0.2) is 12.3 Å². The van der Waals surface area contributed by atoms with Crippen molar-refractivity contribution in [3.63, 3.8) is 0 Å². The van der Waals surface area contributed by atoms with E-state index in [0.717, 1.165) is 12.8 Å². The maximum Gasteiger partial charge on any atom is 0.248 e. The van der Waals surface area contributed by atoms with Crippen molar-refractivity contribution in [3.8, 4) is 0 Å². The van der Waals surface area contributed by atoms with Crippen LogP contribution in [0.2, 0.25) is 0 Å². The van der Waals surface area contributed by atoms with Gasteiger partial charge >= 0.3 is 0 Å². The quantitative estimate of drug-likeness (QED) is 0.845. The first-order valence-corrected chi connectivity index (χ1v) is 8.02. The highest BCUT2D eigenvalue weighted by molar-refractivity contribution is 7.80. The van der Waals surface area contributed by atoms with Gasteiger partial charge in [-0.25, -0.2) is 18.7 Å². The molecule has 21 heavy (non-hydrogen) atoms. The van der Waals surface area contributed by atoms with Crippen molar-refractivity contribution in [2.45, 2.75) is 56.8 Å². The van der Waals surface area contributed by atoms with E-state index in [2.05, 4.69) is 14.7 Å². The van der Waals surface area contributed by atoms with Gasteiger partial charge in [-0.15, -0.1) is 0 Å². The van der Waals surface area contributed by atoms with Crippen molar-refractivity contribution in [1.82, 2.24) is 9.97 Å². The van der Waals surface area contributed by atoms with Crippen LogP contribution in [-0.2, 0) is 16.7 Å². The van der Waals surface area contributed by atoms with Crippen LogP contribution in [0.4, 0.5) is 14.7 Å². The van der Waals surface area contributed by atoms with Crippen LogP contribution in [0.5, 0.6) is 0 Å². The Labute approximate surface area is 126 Å². The summed E-state index contributed by atoms with van der Waals surface area (Å²) in [7, 11) is 0. The number of rotatable bonds is 5. The second-order valence-electron chi connectivity index (χ2n) is 5.49. The zero-order chi connectivity index (χ0) is 15.5. The van der Waals surface area contributed by atoms with Crippen LogP contribution in [0.3, 0.4) is 0 Å². The molecule has 0 radical (unpaired) electrons. The van der Waals surface area contributed by atoms with Gasteiger partial charge in [0, 0.05) is 37.1 Å². The average molecular weight is 320 g/mol. The van der Waals surface area contributed by atoms with E-state index in [9.17, 15) is 17.5 Å². The Balaban J connectivity index is 0.00000242. The lowest BCUT2D eigenvalue weighted by Gasteiger charge is -2.39. The Hall–Kier alpha value is -1.15. The number of hydrogen-bond acceptors (Lipinski definition) is 4. The lowest BCUT2D eigenvalue weighted by Crippen LogP contribution is -2.37. The molecule has 1 unspecified atom stereocenters. The largest absolute Gasteiger partial charge is 0.755 e. The van der Waals surface area contributed by atoms with Crippen LogP contribution in [0.25, 0.3) is 0 Å². The molecule has 1 aromatic rings. The van der Waals surface area contributed by atoms with Gasteiger partial charge in [0.1, 0.15) is 0 Å². The molecule has 1 aliphatic rings. The Morgan fingerprint density at radius 1 is 1.43 bits per heavy atom. The van der Waals surface area contributed by atoms with Gasteiger partial charge in [0.2, 0.25) is 11.9 Å². The van der Waals surface area contributed by atoms with E-state index in [1.807, 2.05) is 6.92 Å². The van der Waals surface area contributed by atoms with Crippen LogP contribution in [0, 0.1) is 0 Å². The van der Waals surface area contributed by atoms with Gasteiger partial charge in [-0.2, -0.15) is 0 Å². The van der Waals surface area contributed by atoms with Gasteiger partial charge in [-0.3, -0.25) is 8.93 Å². The third-order valence-electron chi connectivity index (χ3n) is 4.04. The molecule has 120 valence electrons. The molecule has 0 aromatic carbocycles. The maximum absolute atomic E-state index is 13.4. The molecule has 1 saturated carbocycles. The lowest BCUT2D eigenvalue weighted by molar-refractivity contribution is -0.0538. The summed E-state index contributed by atoms with van der Waals surface area (Å²) in [6.07, 6.45) is 3.45. The second-order valence-corrected chi connectivity index (χ2v) is 6.16. The van der Waals surface area contributed by atoms with Crippen molar-refractivity contribution in [2.24, 2.45) is 0 Å². The van der Waals surface area contributed by atoms with E-state index < -0.39 is 22.6 Å². The summed E-state index contributed by atoms with van der Waals surface area (Å²) in [4.78, 5) is 8.05. The molecule has 0 amide bonds. The van der Waals surface area contributed by atoms with Crippen LogP contribution in [-0.4, -0.2) is 24.7 Å². The number of aromatic nitrogens is 2. The van der Waals surface area contributed by atoms with Crippen molar-refractivity contribution in [1.29, 1.82) is 0 Å². The van der Waals surface area contributed by atoms with E-state index in [0.29, 0.717) is 18.5 Å². The third-order valence-corrected chi connectivity index (χ3v) is 4.39. The van der Waals surface area contributed by atoms with E-state index in [1.54, 1.807) is 6.07 Å². The molecule has 0 aliphatic heterocycles. The summed E-state index contributed by atoms with van der Waals surface area (Å²) in [5.41, 5.74) is 0.225. The molecule has 1 aromatic heterocycles. The first kappa shape index (κ1) is 16.2. The van der Waals surface area contributed by atoms with Crippen molar-refractivity contribution in [2.75, 3.05) is 4.72 Å². The van der Waals surface area contributed by atoms with E-state index >= 15 is 0 Å². The molecule has 8 heteroatoms. The molecule has 2 rings (SSSR count). The highest BCUT2D eigenvalue weighted by Crippen LogP contribution is 2.47. The standard InChI is InChI=1S/C13H19F2N3O2S.H2/c1-2-4-12(5-7-13(14,15)8-6-12)10-3-9-16-11(17-10)18-21(19)20;/h3,9H,2,4-8H2,1H3,(H,19,20)(H,16,17,18);1H/p-1. The third kappa shape index (κ3) is 3.94. The molecule has 5 nitrogen and oxygen atoms in total. The highest BCUT2D eigenvalue weighted by atomic mass is 32.2. The fraction of sp³-hybridized carbons (Fsp3) is 0.692. The molecular formula is C13H20F2N3O2S-. The first-order chi connectivity index (χ1) is 9.87. The number of alkyl halides is 2. The van der Waals surface area contributed by atoms with Crippen molar-refractivity contribution in [3.05, 3.63) is 18.0 Å². The second kappa shape index (κ2) is 6.31. The van der Waals surface area contributed by atoms with Crippen LogP contribution >= 0.6 is 0 Å². The Morgan fingerprint density at radius 3 is 2.67 bits per heavy atom. The van der Waals surface area contributed by atoms with Crippen LogP contribution in [0.1, 0.15) is 52.6 Å². The monoisotopic (exact) mass is 320 g/mol. The summed E-state index contributed by atoms with van der Waals surface area (Å²) < 4.78 is 50.3. The van der Waals surface area contributed by atoms with E-state index in [-0.39, 0.29) is 20.2 Å². The van der Waals surface area contributed by atoms with Crippen molar-refractivity contribution >= 4 is 17.2 Å². The SMILES string of the molecule is CCCC1(c2ccnc(NS(=O)[O-])n2)CCC(F)(F)CC1.[HH]. The molecule has 0 saturated heterocycles. The normalized spacial score (nSPS) is 21.7. The summed E-state index contributed by atoms with van der Waals surface area (Å²) in [6, 6.07) is 1.69. The Bertz CT molecular complexity index is 524. The number of nitrogens with zero attached hydrogens (tertiary/aromatic N) is 2. The summed E-state index contributed by atoms with van der Waals surface area (Å²) in [5.74, 6) is -2.63. The van der Waals surface area contributed by atoms with Crippen LogP contribution < -0.4 is 4.72 Å². The van der Waals surface area contributed by atoms with Gasteiger partial charge in [-0.1, -0.05) is 13.3 Å². The summed E-state index contributed by atoms with van der Waals surface area (Å²) in [6.45, 7) is 2.00. The molecule has 1 N–H and O–H groups in total. The fourth-order valence-electron chi connectivity index (χ4n) is 2.98. The Morgan fingerprint density at radius 2 is 2.10 bits per heavy atom. The van der Waals surface area contributed by atoms with Gasteiger partial charge in [0.05, 0.1) is 5.69 Å². The zero-order valence-electron chi connectivity index (χ0n) is 11.8. The minimum atomic E-state index is -2.61. The topological polar surface area (TPSA) is 77.9 Å². The molecule has 0 spiro atoms. The molecule has 1 heterocycles. The van der Waals surface area contributed by atoms with E-state index in [1.165, 1.54) is 6.20 Å². The molecule has 1 atom stereocenters. The predicted molar refractivity (Wildman–Crippen MR) is 76.7 cm³/mol. The number of nitrogens with one attached hydrogen (secondary N) is 1. The predicted octanol–water partition coefficient (Wildman–Crippen LogP) is 3.18. The number of anilines is 1. The zero-order valence-corrected chi connectivity index (χ0v) is 12.6.